The minimum Gasteiger partial charge on any atom is -0.256 e. The van der Waals surface area contributed by atoms with Crippen molar-refractivity contribution in [2.24, 2.45) is 0 Å². The van der Waals surface area contributed by atoms with Gasteiger partial charge in [0.05, 0.1) is 22.9 Å². The molecule has 1 aromatic carbocycles. The van der Waals surface area contributed by atoms with E-state index in [4.69, 9.17) is 5.26 Å². The van der Waals surface area contributed by atoms with E-state index in [1.807, 2.05) is 6.07 Å². The largest absolute Gasteiger partial charge is 0.418 e. The van der Waals surface area contributed by atoms with Gasteiger partial charge in [0.15, 0.2) is 0 Å². The number of nitriles is 1. The van der Waals surface area contributed by atoms with Gasteiger partial charge in [-0.15, -0.1) is 0 Å². The van der Waals surface area contributed by atoms with Gasteiger partial charge in [0.25, 0.3) is 0 Å². The normalized spacial score (nSPS) is 11.0. The summed E-state index contributed by atoms with van der Waals surface area (Å²) in [4.78, 5) is 3.76. The number of nitrogens with zero attached hydrogens (tertiary/aromatic N) is 2. The highest BCUT2D eigenvalue weighted by atomic mass is 19.4. The summed E-state index contributed by atoms with van der Waals surface area (Å²) in [6.45, 7) is 0. The van der Waals surface area contributed by atoms with Crippen LogP contribution in [0.1, 0.15) is 11.1 Å². The Labute approximate surface area is 101 Å². The third kappa shape index (κ3) is 2.33. The zero-order valence-electron chi connectivity index (χ0n) is 9.07. The van der Waals surface area contributed by atoms with E-state index in [0.717, 1.165) is 6.07 Å². The van der Waals surface area contributed by atoms with Gasteiger partial charge < -0.3 is 0 Å². The van der Waals surface area contributed by atoms with Crippen LogP contribution >= 0.6 is 0 Å². The molecule has 5 heteroatoms. The number of pyridine rings is 1. The van der Waals surface area contributed by atoms with Crippen LogP contribution < -0.4 is 0 Å². The predicted molar refractivity (Wildman–Crippen MR) is 59.4 cm³/mol. The van der Waals surface area contributed by atoms with Crippen LogP contribution in [0.3, 0.4) is 0 Å². The lowest BCUT2D eigenvalue weighted by Crippen LogP contribution is -2.08. The standard InChI is InChI=1S/C13H7F3N2/c14-13(15,16)11-5-2-6-18-12(11)10-4-1-3-9(7-10)8-17/h1-7H. The van der Waals surface area contributed by atoms with Crippen molar-refractivity contribution in [1.82, 2.24) is 4.98 Å². The molecule has 2 nitrogen and oxygen atoms in total. The van der Waals surface area contributed by atoms with E-state index in [0.29, 0.717) is 5.56 Å². The van der Waals surface area contributed by atoms with E-state index < -0.39 is 11.7 Å². The van der Waals surface area contributed by atoms with E-state index in [2.05, 4.69) is 4.98 Å². The smallest absolute Gasteiger partial charge is 0.256 e. The Hall–Kier alpha value is -2.35. The van der Waals surface area contributed by atoms with Gasteiger partial charge in [0, 0.05) is 11.8 Å². The maximum Gasteiger partial charge on any atom is 0.418 e. The number of rotatable bonds is 1. The summed E-state index contributed by atoms with van der Waals surface area (Å²) in [5.74, 6) is 0. The van der Waals surface area contributed by atoms with Gasteiger partial charge in [-0.25, -0.2) is 0 Å². The molecule has 0 fully saturated rings. The molecule has 2 rings (SSSR count). The van der Waals surface area contributed by atoms with E-state index >= 15 is 0 Å². The summed E-state index contributed by atoms with van der Waals surface area (Å²) >= 11 is 0. The first-order chi connectivity index (χ1) is 8.52. The second-order valence-electron chi connectivity index (χ2n) is 3.59. The first kappa shape index (κ1) is 12.1. The summed E-state index contributed by atoms with van der Waals surface area (Å²) in [6, 6.07) is 10.0. The van der Waals surface area contributed by atoms with E-state index in [-0.39, 0.29) is 11.3 Å². The molecular weight excluding hydrogens is 241 g/mol. The van der Waals surface area contributed by atoms with Gasteiger partial charge in [-0.1, -0.05) is 12.1 Å². The van der Waals surface area contributed by atoms with Crippen molar-refractivity contribution >= 4 is 0 Å². The van der Waals surface area contributed by atoms with Crippen molar-refractivity contribution in [3.8, 4) is 17.3 Å². The van der Waals surface area contributed by atoms with Crippen LogP contribution in [0.2, 0.25) is 0 Å². The number of halogens is 3. The highest BCUT2D eigenvalue weighted by molar-refractivity contribution is 5.65. The Morgan fingerprint density at radius 1 is 1.11 bits per heavy atom. The maximum atomic E-state index is 12.8. The second-order valence-corrected chi connectivity index (χ2v) is 3.59. The highest BCUT2D eigenvalue weighted by Gasteiger charge is 2.34. The van der Waals surface area contributed by atoms with Crippen LogP contribution in [0.4, 0.5) is 13.2 Å². The summed E-state index contributed by atoms with van der Waals surface area (Å²) < 4.78 is 38.4. The molecule has 0 aliphatic heterocycles. The molecule has 0 saturated heterocycles. The Kier molecular flexibility index (Phi) is 3.02. The zero-order valence-corrected chi connectivity index (χ0v) is 9.07. The highest BCUT2D eigenvalue weighted by Crippen LogP contribution is 2.35. The molecule has 0 unspecified atom stereocenters. The summed E-state index contributed by atoms with van der Waals surface area (Å²) in [6.07, 6.45) is -3.17. The molecule has 0 N–H and O–H groups in total. The van der Waals surface area contributed by atoms with Crippen LogP contribution in [0, 0.1) is 11.3 Å². The molecule has 0 atom stereocenters. The number of alkyl halides is 3. The van der Waals surface area contributed by atoms with Crippen molar-refractivity contribution in [2.75, 3.05) is 0 Å². The molecule has 0 amide bonds. The summed E-state index contributed by atoms with van der Waals surface area (Å²) in [5, 5.41) is 8.75. The average molecular weight is 248 g/mol. The molecule has 0 spiro atoms. The van der Waals surface area contributed by atoms with Crippen molar-refractivity contribution in [3.05, 3.63) is 53.7 Å². The molecule has 1 aromatic heterocycles. The van der Waals surface area contributed by atoms with E-state index in [9.17, 15) is 13.2 Å². The van der Waals surface area contributed by atoms with E-state index in [1.54, 1.807) is 0 Å². The summed E-state index contributed by atoms with van der Waals surface area (Å²) in [7, 11) is 0. The van der Waals surface area contributed by atoms with Gasteiger partial charge in [0.2, 0.25) is 0 Å². The van der Waals surface area contributed by atoms with Crippen LogP contribution in [-0.2, 0) is 6.18 Å². The topological polar surface area (TPSA) is 36.7 Å². The van der Waals surface area contributed by atoms with Crippen molar-refractivity contribution < 1.29 is 13.2 Å². The first-order valence-corrected chi connectivity index (χ1v) is 5.05. The molecule has 18 heavy (non-hydrogen) atoms. The monoisotopic (exact) mass is 248 g/mol. The van der Waals surface area contributed by atoms with Crippen LogP contribution in [0.25, 0.3) is 11.3 Å². The molecule has 1 heterocycles. The average Bonchev–Trinajstić information content (AvgIpc) is 2.38. The van der Waals surface area contributed by atoms with Crippen molar-refractivity contribution in [1.29, 1.82) is 5.26 Å². The SMILES string of the molecule is N#Cc1cccc(-c2ncccc2C(F)(F)F)c1. The molecule has 0 aliphatic carbocycles. The minimum atomic E-state index is -4.47. The number of aromatic nitrogens is 1. The molecule has 0 saturated carbocycles. The fourth-order valence-corrected chi connectivity index (χ4v) is 1.60. The van der Waals surface area contributed by atoms with Crippen LogP contribution in [-0.4, -0.2) is 4.98 Å². The Bertz CT molecular complexity index is 612. The van der Waals surface area contributed by atoms with Crippen molar-refractivity contribution in [2.45, 2.75) is 6.18 Å². The molecule has 2 aromatic rings. The van der Waals surface area contributed by atoms with Gasteiger partial charge in [-0.3, -0.25) is 4.98 Å². The lowest BCUT2D eigenvalue weighted by molar-refractivity contribution is -0.137. The molecular formula is C13H7F3N2. The van der Waals surface area contributed by atoms with Gasteiger partial charge in [0.1, 0.15) is 0 Å². The minimum absolute atomic E-state index is 0.165. The Balaban J connectivity index is 2.61. The molecule has 90 valence electrons. The van der Waals surface area contributed by atoms with Gasteiger partial charge in [-0.05, 0) is 24.3 Å². The quantitative estimate of drug-likeness (QED) is 0.772. The van der Waals surface area contributed by atoms with E-state index in [1.165, 1.54) is 36.5 Å². The van der Waals surface area contributed by atoms with Crippen LogP contribution in [0.5, 0.6) is 0 Å². The first-order valence-electron chi connectivity index (χ1n) is 5.05. The number of benzene rings is 1. The van der Waals surface area contributed by atoms with Gasteiger partial charge in [-0.2, -0.15) is 18.4 Å². The second kappa shape index (κ2) is 4.49. The lowest BCUT2D eigenvalue weighted by atomic mass is 10.0. The summed E-state index contributed by atoms with van der Waals surface area (Å²) in [5.41, 5.74) is -0.393. The Morgan fingerprint density at radius 2 is 1.89 bits per heavy atom. The predicted octanol–water partition coefficient (Wildman–Crippen LogP) is 3.64. The number of hydrogen-bond acceptors (Lipinski definition) is 2. The third-order valence-corrected chi connectivity index (χ3v) is 2.38. The van der Waals surface area contributed by atoms with Crippen molar-refractivity contribution in [3.63, 3.8) is 0 Å². The molecule has 0 bridgehead atoms. The van der Waals surface area contributed by atoms with Gasteiger partial charge >= 0.3 is 6.18 Å². The van der Waals surface area contributed by atoms with Crippen LogP contribution in [0.15, 0.2) is 42.6 Å². The fraction of sp³-hybridized carbons (Fsp3) is 0.0769. The number of hydrogen-bond donors (Lipinski definition) is 0. The fourth-order valence-electron chi connectivity index (χ4n) is 1.60. The molecule has 0 aliphatic rings. The third-order valence-electron chi connectivity index (χ3n) is 2.38. The zero-order chi connectivity index (χ0) is 13.2. The Morgan fingerprint density at radius 3 is 2.56 bits per heavy atom. The maximum absolute atomic E-state index is 12.8. The molecule has 0 radical (unpaired) electrons. The lowest BCUT2D eigenvalue weighted by Gasteiger charge is -2.11.